The molecule has 19 heavy (non-hydrogen) atoms. The molecule has 0 saturated carbocycles. The summed E-state index contributed by atoms with van der Waals surface area (Å²) in [5.74, 6) is 1.30. The molecule has 5 heteroatoms. The van der Waals surface area contributed by atoms with Crippen molar-refractivity contribution in [3.8, 4) is 10.8 Å². The number of thiophene rings is 1. The van der Waals surface area contributed by atoms with Crippen molar-refractivity contribution < 1.29 is 9.21 Å². The number of aromatic nitrogens is 1. The van der Waals surface area contributed by atoms with Crippen molar-refractivity contribution in [1.82, 2.24) is 10.3 Å². The van der Waals surface area contributed by atoms with Gasteiger partial charge >= 0.3 is 0 Å². The second-order valence-electron chi connectivity index (χ2n) is 4.55. The van der Waals surface area contributed by atoms with E-state index in [1.54, 1.807) is 11.3 Å². The van der Waals surface area contributed by atoms with Crippen LogP contribution in [0, 0.1) is 6.92 Å². The zero-order valence-corrected chi connectivity index (χ0v) is 12.2. The van der Waals surface area contributed by atoms with Crippen LogP contribution in [-0.2, 0) is 11.2 Å². The topological polar surface area (TPSA) is 55.1 Å². The van der Waals surface area contributed by atoms with Crippen molar-refractivity contribution in [3.05, 3.63) is 29.0 Å². The fourth-order valence-corrected chi connectivity index (χ4v) is 2.33. The monoisotopic (exact) mass is 278 g/mol. The number of nitrogens with one attached hydrogen (secondary N) is 1. The van der Waals surface area contributed by atoms with Crippen LogP contribution in [-0.4, -0.2) is 16.9 Å². The highest BCUT2D eigenvalue weighted by molar-refractivity contribution is 7.13. The molecule has 2 aromatic heterocycles. The molecule has 0 aromatic carbocycles. The normalized spacial score (nSPS) is 12.4. The first-order chi connectivity index (χ1) is 9.10. The number of amides is 1. The summed E-state index contributed by atoms with van der Waals surface area (Å²) in [4.78, 5) is 17.2. The minimum absolute atomic E-state index is 0.0107. The van der Waals surface area contributed by atoms with Crippen molar-refractivity contribution >= 4 is 17.2 Å². The van der Waals surface area contributed by atoms with Gasteiger partial charge in [0.1, 0.15) is 5.76 Å². The molecule has 2 heterocycles. The van der Waals surface area contributed by atoms with Crippen LogP contribution in [0.3, 0.4) is 0 Å². The Morgan fingerprint density at radius 3 is 3.00 bits per heavy atom. The van der Waals surface area contributed by atoms with Crippen LogP contribution in [0.25, 0.3) is 10.8 Å². The van der Waals surface area contributed by atoms with Gasteiger partial charge in [-0.3, -0.25) is 4.79 Å². The van der Waals surface area contributed by atoms with Gasteiger partial charge in [0, 0.05) is 6.04 Å². The molecule has 2 aromatic rings. The molecule has 2 rings (SSSR count). The molecule has 0 aliphatic carbocycles. The minimum Gasteiger partial charge on any atom is -0.440 e. The predicted molar refractivity (Wildman–Crippen MR) is 76.2 cm³/mol. The molecule has 0 aliphatic heterocycles. The SMILES string of the molecule is CCC(C)NC(=O)Cc1nc(-c2cccs2)oc1C. The molecular weight excluding hydrogens is 260 g/mol. The molecule has 1 amide bonds. The van der Waals surface area contributed by atoms with Crippen LogP contribution < -0.4 is 5.32 Å². The standard InChI is InChI=1S/C14H18N2O2S/c1-4-9(2)15-13(17)8-11-10(3)18-14(16-11)12-6-5-7-19-12/h5-7,9H,4,8H2,1-3H3,(H,15,17). The summed E-state index contributed by atoms with van der Waals surface area (Å²) < 4.78 is 5.61. The summed E-state index contributed by atoms with van der Waals surface area (Å²) >= 11 is 1.57. The predicted octanol–water partition coefficient (Wildman–Crippen LogP) is 3.17. The van der Waals surface area contributed by atoms with Crippen molar-refractivity contribution in [3.63, 3.8) is 0 Å². The zero-order valence-electron chi connectivity index (χ0n) is 11.4. The lowest BCUT2D eigenvalue weighted by atomic mass is 10.2. The number of carbonyl (C=O) groups is 1. The second-order valence-corrected chi connectivity index (χ2v) is 5.50. The summed E-state index contributed by atoms with van der Waals surface area (Å²) in [6, 6.07) is 4.10. The highest BCUT2D eigenvalue weighted by Gasteiger charge is 2.15. The number of rotatable bonds is 5. The molecule has 102 valence electrons. The van der Waals surface area contributed by atoms with Gasteiger partial charge in [0.05, 0.1) is 17.0 Å². The molecular formula is C14H18N2O2S. The highest BCUT2D eigenvalue weighted by atomic mass is 32.1. The van der Waals surface area contributed by atoms with E-state index in [-0.39, 0.29) is 18.4 Å². The zero-order chi connectivity index (χ0) is 13.8. The number of oxazole rings is 1. The Morgan fingerprint density at radius 2 is 2.37 bits per heavy atom. The molecule has 1 atom stereocenters. The van der Waals surface area contributed by atoms with Gasteiger partial charge in [0.25, 0.3) is 0 Å². The molecule has 0 fully saturated rings. The smallest absolute Gasteiger partial charge is 0.236 e. The minimum atomic E-state index is -0.0107. The average molecular weight is 278 g/mol. The van der Waals surface area contributed by atoms with E-state index >= 15 is 0 Å². The molecule has 0 radical (unpaired) electrons. The van der Waals surface area contributed by atoms with E-state index in [0.29, 0.717) is 17.3 Å². The molecule has 1 unspecified atom stereocenters. The van der Waals surface area contributed by atoms with Gasteiger partial charge in [0.2, 0.25) is 11.8 Å². The maximum atomic E-state index is 11.8. The van der Waals surface area contributed by atoms with Crippen LogP contribution in [0.15, 0.2) is 21.9 Å². The van der Waals surface area contributed by atoms with E-state index in [1.165, 1.54) is 0 Å². The maximum absolute atomic E-state index is 11.8. The number of hydrogen-bond donors (Lipinski definition) is 1. The van der Waals surface area contributed by atoms with Crippen LogP contribution in [0.4, 0.5) is 0 Å². The largest absolute Gasteiger partial charge is 0.440 e. The van der Waals surface area contributed by atoms with Gasteiger partial charge in [0.15, 0.2) is 0 Å². The lowest BCUT2D eigenvalue weighted by molar-refractivity contribution is -0.121. The van der Waals surface area contributed by atoms with Crippen LogP contribution in [0.2, 0.25) is 0 Å². The van der Waals surface area contributed by atoms with Gasteiger partial charge in [-0.1, -0.05) is 13.0 Å². The highest BCUT2D eigenvalue weighted by Crippen LogP contribution is 2.25. The Bertz CT molecular complexity index is 546. The second kappa shape index (κ2) is 6.02. The molecule has 4 nitrogen and oxygen atoms in total. The summed E-state index contributed by atoms with van der Waals surface area (Å²) in [7, 11) is 0. The van der Waals surface area contributed by atoms with Crippen LogP contribution in [0.5, 0.6) is 0 Å². The average Bonchev–Trinajstić information content (AvgIpc) is 2.99. The number of hydrogen-bond acceptors (Lipinski definition) is 4. The third kappa shape index (κ3) is 3.44. The van der Waals surface area contributed by atoms with Gasteiger partial charge in [-0.2, -0.15) is 0 Å². The first-order valence-corrected chi connectivity index (χ1v) is 7.27. The fraction of sp³-hybridized carbons (Fsp3) is 0.429. The van der Waals surface area contributed by atoms with Gasteiger partial charge < -0.3 is 9.73 Å². The van der Waals surface area contributed by atoms with E-state index in [2.05, 4.69) is 10.3 Å². The number of aryl methyl sites for hydroxylation is 1. The summed E-state index contributed by atoms with van der Waals surface area (Å²) in [6.07, 6.45) is 1.19. The van der Waals surface area contributed by atoms with Gasteiger partial charge in [-0.05, 0) is 31.7 Å². The maximum Gasteiger partial charge on any atom is 0.236 e. The van der Waals surface area contributed by atoms with E-state index in [1.807, 2.05) is 38.3 Å². The molecule has 1 N–H and O–H groups in total. The van der Waals surface area contributed by atoms with E-state index in [4.69, 9.17) is 4.42 Å². The molecule has 0 aliphatic rings. The van der Waals surface area contributed by atoms with Gasteiger partial charge in [-0.15, -0.1) is 11.3 Å². The number of nitrogens with zero attached hydrogens (tertiary/aromatic N) is 1. The third-order valence-corrected chi connectivity index (χ3v) is 3.83. The first-order valence-electron chi connectivity index (χ1n) is 6.39. The van der Waals surface area contributed by atoms with E-state index in [9.17, 15) is 4.79 Å². The lowest BCUT2D eigenvalue weighted by Crippen LogP contribution is -2.33. The van der Waals surface area contributed by atoms with Crippen LogP contribution in [0.1, 0.15) is 31.7 Å². The van der Waals surface area contributed by atoms with E-state index < -0.39 is 0 Å². The Morgan fingerprint density at radius 1 is 1.58 bits per heavy atom. The Balaban J connectivity index is 2.07. The van der Waals surface area contributed by atoms with E-state index in [0.717, 1.165) is 11.3 Å². The van der Waals surface area contributed by atoms with Crippen molar-refractivity contribution in [2.45, 2.75) is 39.7 Å². The molecule has 0 bridgehead atoms. The van der Waals surface area contributed by atoms with Crippen LogP contribution >= 0.6 is 11.3 Å². The Labute approximate surface area is 116 Å². The molecule has 0 spiro atoms. The van der Waals surface area contributed by atoms with Crippen molar-refractivity contribution in [2.75, 3.05) is 0 Å². The Kier molecular flexibility index (Phi) is 4.37. The van der Waals surface area contributed by atoms with Crippen molar-refractivity contribution in [2.24, 2.45) is 0 Å². The third-order valence-electron chi connectivity index (χ3n) is 2.97. The first kappa shape index (κ1) is 13.8. The number of carbonyl (C=O) groups excluding carboxylic acids is 1. The quantitative estimate of drug-likeness (QED) is 0.914. The fourth-order valence-electron chi connectivity index (χ4n) is 1.68. The summed E-state index contributed by atoms with van der Waals surface area (Å²) in [6.45, 7) is 5.88. The molecule has 0 saturated heterocycles. The Hall–Kier alpha value is -1.62. The lowest BCUT2D eigenvalue weighted by Gasteiger charge is -2.10. The van der Waals surface area contributed by atoms with Crippen molar-refractivity contribution in [1.29, 1.82) is 0 Å². The summed E-state index contributed by atoms with van der Waals surface area (Å²) in [5.41, 5.74) is 0.712. The summed E-state index contributed by atoms with van der Waals surface area (Å²) in [5, 5.41) is 4.91. The van der Waals surface area contributed by atoms with Gasteiger partial charge in [-0.25, -0.2) is 4.98 Å².